The van der Waals surface area contributed by atoms with Crippen LogP contribution in [0.3, 0.4) is 0 Å². The molecule has 31 heavy (non-hydrogen) atoms. The number of phosphoric acid groups is 1. The monoisotopic (exact) mass is 465 g/mol. The lowest BCUT2D eigenvalue weighted by Crippen LogP contribution is -2.38. The lowest BCUT2D eigenvalue weighted by molar-refractivity contribution is -0.870. The van der Waals surface area contributed by atoms with Crippen LogP contribution in [0.2, 0.25) is 0 Å². The van der Waals surface area contributed by atoms with E-state index in [0.29, 0.717) is 11.0 Å². The third kappa shape index (κ3) is 21.3. The standard InChI is InChI=1S/C23H49N2O5P/c1-5-6-7-8-9-10-11-12-13-14-15-16-17-18-23(26)22(24)21-30-31(27,28)29-20-19-25(2,3)4/h17-18,22-23,26H,5-16,19-21,24H2,1-4H3/p+1/b18-17-/t22-,23+/m0/s1. The summed E-state index contributed by atoms with van der Waals surface area (Å²) in [5, 5.41) is 10.1. The van der Waals surface area contributed by atoms with Crippen molar-refractivity contribution in [2.45, 2.75) is 96.1 Å². The van der Waals surface area contributed by atoms with Crippen LogP contribution in [-0.4, -0.2) is 67.5 Å². The smallest absolute Gasteiger partial charge is 0.387 e. The van der Waals surface area contributed by atoms with Crippen molar-refractivity contribution < 1.29 is 28.1 Å². The Labute approximate surface area is 191 Å². The fourth-order valence-electron chi connectivity index (χ4n) is 3.05. The second-order valence-electron chi connectivity index (χ2n) is 9.52. The molecule has 0 spiro atoms. The Morgan fingerprint density at radius 1 is 0.935 bits per heavy atom. The highest BCUT2D eigenvalue weighted by molar-refractivity contribution is 7.47. The Balaban J connectivity index is 3.74. The van der Waals surface area contributed by atoms with Crippen LogP contribution in [0.25, 0.3) is 0 Å². The molecule has 0 radical (unpaired) electrons. The predicted octanol–water partition coefficient (Wildman–Crippen LogP) is 4.77. The van der Waals surface area contributed by atoms with E-state index in [-0.39, 0.29) is 13.2 Å². The third-order valence-electron chi connectivity index (χ3n) is 5.19. The highest BCUT2D eigenvalue weighted by Crippen LogP contribution is 2.43. The summed E-state index contributed by atoms with van der Waals surface area (Å²) in [6.45, 7) is 2.68. The molecule has 0 rings (SSSR count). The summed E-state index contributed by atoms with van der Waals surface area (Å²) in [6, 6.07) is -0.781. The Morgan fingerprint density at radius 2 is 1.45 bits per heavy atom. The molecule has 0 heterocycles. The summed E-state index contributed by atoms with van der Waals surface area (Å²) >= 11 is 0. The van der Waals surface area contributed by atoms with Crippen LogP contribution in [0.15, 0.2) is 12.2 Å². The van der Waals surface area contributed by atoms with Gasteiger partial charge in [0.15, 0.2) is 0 Å². The number of nitrogens with two attached hydrogens (primary N) is 1. The summed E-state index contributed by atoms with van der Waals surface area (Å²) < 4.78 is 22.3. The fraction of sp³-hybridized carbons (Fsp3) is 0.913. The van der Waals surface area contributed by atoms with Gasteiger partial charge in [0.25, 0.3) is 0 Å². The minimum absolute atomic E-state index is 0.105. The molecule has 0 aliphatic carbocycles. The quantitative estimate of drug-likeness (QED) is 0.0977. The Kier molecular flexibility index (Phi) is 18.0. The molecule has 0 aliphatic rings. The number of quaternary nitrogens is 1. The van der Waals surface area contributed by atoms with Gasteiger partial charge in [-0.15, -0.1) is 0 Å². The van der Waals surface area contributed by atoms with Crippen LogP contribution in [0, 0.1) is 0 Å². The molecule has 1 unspecified atom stereocenters. The molecule has 0 aromatic carbocycles. The molecule has 0 saturated carbocycles. The van der Waals surface area contributed by atoms with Crippen LogP contribution in [0.5, 0.6) is 0 Å². The molecule has 8 heteroatoms. The number of phosphoric ester groups is 1. The van der Waals surface area contributed by atoms with E-state index in [2.05, 4.69) is 6.92 Å². The van der Waals surface area contributed by atoms with E-state index < -0.39 is 20.0 Å². The van der Waals surface area contributed by atoms with E-state index in [1.807, 2.05) is 27.2 Å². The van der Waals surface area contributed by atoms with Gasteiger partial charge in [0.1, 0.15) is 13.2 Å². The van der Waals surface area contributed by atoms with E-state index in [9.17, 15) is 14.6 Å². The minimum Gasteiger partial charge on any atom is -0.387 e. The van der Waals surface area contributed by atoms with Crippen molar-refractivity contribution in [1.82, 2.24) is 0 Å². The fourth-order valence-corrected chi connectivity index (χ4v) is 3.80. The molecule has 3 atom stereocenters. The molecule has 4 N–H and O–H groups in total. The number of unbranched alkanes of at least 4 members (excludes halogenated alkanes) is 11. The van der Waals surface area contributed by atoms with Gasteiger partial charge in [-0.05, 0) is 12.8 Å². The lowest BCUT2D eigenvalue weighted by atomic mass is 10.0. The van der Waals surface area contributed by atoms with E-state index in [0.717, 1.165) is 12.8 Å². The summed E-state index contributed by atoms with van der Waals surface area (Å²) in [7, 11) is 1.72. The summed E-state index contributed by atoms with van der Waals surface area (Å²) in [4.78, 5) is 9.69. The number of hydrogen-bond donors (Lipinski definition) is 3. The van der Waals surface area contributed by atoms with Crippen molar-refractivity contribution in [3.05, 3.63) is 12.2 Å². The van der Waals surface area contributed by atoms with Crippen LogP contribution >= 0.6 is 7.82 Å². The van der Waals surface area contributed by atoms with Crippen molar-refractivity contribution in [1.29, 1.82) is 0 Å². The molecule has 0 amide bonds. The zero-order valence-electron chi connectivity index (χ0n) is 20.5. The van der Waals surface area contributed by atoms with Crippen molar-refractivity contribution in [2.24, 2.45) is 5.73 Å². The summed E-state index contributed by atoms with van der Waals surface area (Å²) in [5.41, 5.74) is 5.85. The van der Waals surface area contributed by atoms with E-state index in [1.165, 1.54) is 64.2 Å². The number of aliphatic hydroxyl groups excluding tert-OH is 1. The van der Waals surface area contributed by atoms with Crippen molar-refractivity contribution in [2.75, 3.05) is 40.9 Å². The van der Waals surface area contributed by atoms with Crippen molar-refractivity contribution in [3.63, 3.8) is 0 Å². The van der Waals surface area contributed by atoms with Gasteiger partial charge < -0.3 is 20.2 Å². The molecule has 0 fully saturated rings. The Bertz CT molecular complexity index is 497. The Morgan fingerprint density at radius 3 is 1.97 bits per heavy atom. The largest absolute Gasteiger partial charge is 0.472 e. The van der Waals surface area contributed by atoms with Gasteiger partial charge in [-0.3, -0.25) is 9.05 Å². The van der Waals surface area contributed by atoms with E-state index >= 15 is 0 Å². The zero-order chi connectivity index (χ0) is 23.6. The van der Waals surface area contributed by atoms with Gasteiger partial charge in [0.2, 0.25) is 0 Å². The van der Waals surface area contributed by atoms with Gasteiger partial charge in [-0.1, -0.05) is 83.3 Å². The van der Waals surface area contributed by atoms with Crippen LogP contribution in [0.4, 0.5) is 0 Å². The number of hydrogen-bond acceptors (Lipinski definition) is 5. The molecule has 0 aromatic heterocycles. The van der Waals surface area contributed by atoms with E-state index in [4.69, 9.17) is 14.8 Å². The van der Waals surface area contributed by atoms with Gasteiger partial charge in [0.05, 0.1) is 39.9 Å². The second kappa shape index (κ2) is 18.2. The van der Waals surface area contributed by atoms with Crippen molar-refractivity contribution >= 4 is 7.82 Å². The number of rotatable bonds is 21. The van der Waals surface area contributed by atoms with Gasteiger partial charge in [0, 0.05) is 0 Å². The first-order valence-corrected chi connectivity index (χ1v) is 13.6. The minimum atomic E-state index is -4.16. The number of likely N-dealkylation sites (N-methyl/N-ethyl adjacent to an activating group) is 1. The number of aliphatic hydroxyl groups is 1. The van der Waals surface area contributed by atoms with Gasteiger partial charge in [-0.2, -0.15) is 0 Å². The first-order chi connectivity index (χ1) is 14.6. The molecule has 0 aliphatic heterocycles. The van der Waals surface area contributed by atoms with Gasteiger partial charge >= 0.3 is 7.82 Å². The molecule has 0 saturated heterocycles. The number of allylic oxidation sites excluding steroid dienone is 1. The first kappa shape index (κ1) is 30.7. The molecule has 7 nitrogen and oxygen atoms in total. The lowest BCUT2D eigenvalue weighted by Gasteiger charge is -2.24. The maximum atomic E-state index is 11.9. The SMILES string of the molecule is CCCCCCCCCCCCC/C=C\[C@@H](O)[C@@H](N)COP(=O)(O)OCC[N+](C)(C)C. The van der Waals surface area contributed by atoms with Crippen molar-refractivity contribution in [3.8, 4) is 0 Å². The second-order valence-corrected chi connectivity index (χ2v) is 11.0. The van der Waals surface area contributed by atoms with Crippen LogP contribution < -0.4 is 5.73 Å². The average Bonchev–Trinajstić information content (AvgIpc) is 2.68. The topological polar surface area (TPSA) is 102 Å². The highest BCUT2D eigenvalue weighted by Gasteiger charge is 2.25. The summed E-state index contributed by atoms with van der Waals surface area (Å²) in [6.07, 6.45) is 17.9. The molecule has 0 aromatic rings. The molecular formula is C23H50N2O5P+. The Hall–Kier alpha value is -0.270. The first-order valence-electron chi connectivity index (χ1n) is 12.1. The normalized spacial score (nSPS) is 16.5. The molecular weight excluding hydrogens is 415 g/mol. The highest BCUT2D eigenvalue weighted by atomic mass is 31.2. The van der Waals surface area contributed by atoms with Crippen LogP contribution in [0.1, 0.15) is 84.0 Å². The van der Waals surface area contributed by atoms with Gasteiger partial charge in [-0.25, -0.2) is 4.57 Å². The molecule has 0 bridgehead atoms. The summed E-state index contributed by atoms with van der Waals surface area (Å²) in [5.74, 6) is 0. The zero-order valence-corrected chi connectivity index (χ0v) is 21.4. The maximum absolute atomic E-state index is 11.9. The third-order valence-corrected chi connectivity index (χ3v) is 6.18. The molecule has 186 valence electrons. The van der Waals surface area contributed by atoms with Crippen LogP contribution in [-0.2, 0) is 13.6 Å². The predicted molar refractivity (Wildman–Crippen MR) is 129 cm³/mol. The maximum Gasteiger partial charge on any atom is 0.472 e. The number of nitrogens with zero attached hydrogens (tertiary/aromatic N) is 1. The van der Waals surface area contributed by atoms with E-state index in [1.54, 1.807) is 6.08 Å². The average molecular weight is 466 g/mol.